The molecule has 1 amide bonds. The average molecular weight is 486 g/mol. The Bertz CT molecular complexity index is 1180. The van der Waals surface area contributed by atoms with Gasteiger partial charge in [-0.3, -0.25) is 4.79 Å². The lowest BCUT2D eigenvalue weighted by atomic mass is 10.1. The summed E-state index contributed by atoms with van der Waals surface area (Å²) in [5, 5.41) is 2.70. The second-order valence-electron chi connectivity index (χ2n) is 7.70. The van der Waals surface area contributed by atoms with E-state index in [9.17, 15) is 17.6 Å². The van der Waals surface area contributed by atoms with Gasteiger partial charge in [-0.25, -0.2) is 17.8 Å². The number of amides is 1. The molecule has 0 spiro atoms. The minimum atomic E-state index is -3.57. The van der Waals surface area contributed by atoms with Crippen LogP contribution in [-0.2, 0) is 14.8 Å². The highest BCUT2D eigenvalue weighted by atomic mass is 32.2. The lowest BCUT2D eigenvalue weighted by molar-refractivity contribution is -0.115. The molecule has 1 aliphatic rings. The van der Waals surface area contributed by atoms with E-state index in [2.05, 4.69) is 10.3 Å². The molecule has 0 bridgehead atoms. The van der Waals surface area contributed by atoms with Gasteiger partial charge < -0.3 is 5.32 Å². The number of pyridine rings is 1. The molecule has 33 heavy (non-hydrogen) atoms. The third-order valence-corrected chi connectivity index (χ3v) is 8.44. The Morgan fingerprint density at radius 1 is 0.970 bits per heavy atom. The molecule has 0 radical (unpaired) electrons. The zero-order valence-corrected chi connectivity index (χ0v) is 19.5. The molecule has 3 aromatic rings. The lowest BCUT2D eigenvalue weighted by Gasteiger charge is -2.25. The number of hydrogen-bond donors (Lipinski definition) is 1. The molecule has 0 aliphatic carbocycles. The molecule has 1 fully saturated rings. The fraction of sp³-hybridized carbons (Fsp3) is 0.250. The van der Waals surface area contributed by atoms with Gasteiger partial charge in [-0.15, -0.1) is 0 Å². The van der Waals surface area contributed by atoms with Crippen LogP contribution in [0.3, 0.4) is 0 Å². The number of piperidine rings is 1. The Morgan fingerprint density at radius 3 is 2.30 bits per heavy atom. The molecule has 1 aliphatic heterocycles. The van der Waals surface area contributed by atoms with Crippen LogP contribution in [-0.4, -0.2) is 36.7 Å². The van der Waals surface area contributed by atoms with Crippen LogP contribution in [0, 0.1) is 5.82 Å². The highest BCUT2D eigenvalue weighted by Crippen LogP contribution is 2.35. The van der Waals surface area contributed by atoms with Crippen LogP contribution < -0.4 is 5.32 Å². The van der Waals surface area contributed by atoms with Crippen molar-refractivity contribution in [2.45, 2.75) is 34.4 Å². The van der Waals surface area contributed by atoms with E-state index in [1.165, 1.54) is 46.5 Å². The minimum absolute atomic E-state index is 0.153. The third kappa shape index (κ3) is 5.79. The van der Waals surface area contributed by atoms with Crippen molar-refractivity contribution in [3.05, 3.63) is 84.3 Å². The molecule has 6 nitrogen and oxygen atoms in total. The fourth-order valence-electron chi connectivity index (χ4n) is 3.61. The van der Waals surface area contributed by atoms with Gasteiger partial charge >= 0.3 is 0 Å². The Kier molecular flexibility index (Phi) is 7.42. The monoisotopic (exact) mass is 485 g/mol. The first-order chi connectivity index (χ1) is 15.9. The van der Waals surface area contributed by atoms with Gasteiger partial charge in [0.2, 0.25) is 15.9 Å². The average Bonchev–Trinajstić information content (AvgIpc) is 2.85. The number of anilines is 1. The van der Waals surface area contributed by atoms with Gasteiger partial charge in [0, 0.05) is 25.0 Å². The van der Waals surface area contributed by atoms with Crippen molar-refractivity contribution in [2.24, 2.45) is 0 Å². The number of halogens is 1. The molecule has 1 saturated heterocycles. The van der Waals surface area contributed by atoms with Crippen molar-refractivity contribution < 1.29 is 17.6 Å². The van der Waals surface area contributed by atoms with Gasteiger partial charge in [0.05, 0.1) is 5.03 Å². The highest BCUT2D eigenvalue weighted by molar-refractivity contribution is 8.00. The van der Waals surface area contributed by atoms with Crippen LogP contribution in [0.15, 0.2) is 82.8 Å². The summed E-state index contributed by atoms with van der Waals surface area (Å²) in [7, 11) is -3.57. The normalized spacial score (nSPS) is 15.7. The number of nitrogens with zero attached hydrogens (tertiary/aromatic N) is 2. The van der Waals surface area contributed by atoms with Gasteiger partial charge in [-0.2, -0.15) is 4.31 Å². The zero-order chi connectivity index (χ0) is 23.3. The summed E-state index contributed by atoms with van der Waals surface area (Å²) in [6.45, 7) is 1.05. The maximum atomic E-state index is 13.2. The summed E-state index contributed by atoms with van der Waals surface area (Å²) in [5.74, 6) is -0.671. The predicted octanol–water partition coefficient (Wildman–Crippen LogP) is 4.87. The minimum Gasteiger partial charge on any atom is -0.325 e. The maximum Gasteiger partial charge on any atom is 0.244 e. The first-order valence-electron chi connectivity index (χ1n) is 10.7. The molecule has 0 saturated carbocycles. The molecule has 4 rings (SSSR count). The van der Waals surface area contributed by atoms with E-state index < -0.39 is 15.3 Å². The van der Waals surface area contributed by atoms with Crippen molar-refractivity contribution in [3.63, 3.8) is 0 Å². The second-order valence-corrected chi connectivity index (χ2v) is 10.8. The van der Waals surface area contributed by atoms with Gasteiger partial charge in [-0.05, 0) is 54.8 Å². The van der Waals surface area contributed by atoms with Crippen LogP contribution in [0.25, 0.3) is 0 Å². The summed E-state index contributed by atoms with van der Waals surface area (Å²) in [6.07, 6.45) is 4.12. The highest BCUT2D eigenvalue weighted by Gasteiger charge is 2.27. The molecule has 9 heteroatoms. The van der Waals surface area contributed by atoms with Gasteiger partial charge in [0.1, 0.15) is 16.0 Å². The SMILES string of the molecule is O=C(Nc1ccc(F)cc1)C(Sc1ccc(S(=O)(=O)N2CCCCC2)cn1)c1ccccc1. The first-order valence-corrected chi connectivity index (χ1v) is 13.0. The molecular formula is C24H24FN3O3S2. The lowest BCUT2D eigenvalue weighted by Crippen LogP contribution is -2.35. The zero-order valence-electron chi connectivity index (χ0n) is 17.9. The summed E-state index contributed by atoms with van der Waals surface area (Å²) in [6, 6.07) is 18.0. The standard InChI is InChI=1S/C24H24FN3O3S2/c25-19-9-11-20(12-10-19)27-24(29)23(18-7-3-1-4-8-18)32-22-14-13-21(17-26-22)33(30,31)28-15-5-2-6-16-28/h1,3-4,7-14,17,23H,2,5-6,15-16H2,(H,27,29). The van der Waals surface area contributed by atoms with E-state index in [1.807, 2.05) is 30.3 Å². The second kappa shape index (κ2) is 10.5. The number of rotatable bonds is 7. The van der Waals surface area contributed by atoms with Crippen LogP contribution in [0.2, 0.25) is 0 Å². The Labute approximate surface area is 197 Å². The summed E-state index contributed by atoms with van der Waals surface area (Å²) < 4.78 is 40.4. The van der Waals surface area contributed by atoms with Crippen molar-refractivity contribution in [1.82, 2.24) is 9.29 Å². The molecular weight excluding hydrogens is 461 g/mol. The predicted molar refractivity (Wildman–Crippen MR) is 127 cm³/mol. The van der Waals surface area contributed by atoms with Crippen LogP contribution in [0.1, 0.15) is 30.1 Å². The van der Waals surface area contributed by atoms with Crippen LogP contribution >= 0.6 is 11.8 Å². The Morgan fingerprint density at radius 2 is 1.67 bits per heavy atom. The summed E-state index contributed by atoms with van der Waals surface area (Å²) >= 11 is 1.22. The first kappa shape index (κ1) is 23.4. The third-order valence-electron chi connectivity index (χ3n) is 5.35. The molecule has 1 aromatic heterocycles. The Balaban J connectivity index is 1.53. The van der Waals surface area contributed by atoms with Gasteiger partial charge in [0.15, 0.2) is 0 Å². The molecule has 1 N–H and O–H groups in total. The molecule has 172 valence electrons. The van der Waals surface area contributed by atoms with Crippen LogP contribution in [0.5, 0.6) is 0 Å². The number of carbonyl (C=O) groups excluding carboxylic acids is 1. The van der Waals surface area contributed by atoms with Crippen molar-refractivity contribution >= 4 is 33.4 Å². The van der Waals surface area contributed by atoms with E-state index in [0.717, 1.165) is 24.8 Å². The summed E-state index contributed by atoms with van der Waals surface area (Å²) in [4.78, 5) is 17.6. The smallest absolute Gasteiger partial charge is 0.244 e. The van der Waals surface area contributed by atoms with Crippen molar-refractivity contribution in [2.75, 3.05) is 18.4 Å². The number of aromatic nitrogens is 1. The van der Waals surface area contributed by atoms with Crippen LogP contribution in [0.4, 0.5) is 10.1 Å². The number of benzene rings is 2. The number of carbonyl (C=O) groups is 1. The molecule has 2 heterocycles. The van der Waals surface area contributed by atoms with E-state index >= 15 is 0 Å². The number of nitrogens with one attached hydrogen (secondary N) is 1. The van der Waals surface area contributed by atoms with Crippen molar-refractivity contribution in [3.8, 4) is 0 Å². The number of hydrogen-bond acceptors (Lipinski definition) is 5. The maximum absolute atomic E-state index is 13.2. The van der Waals surface area contributed by atoms with Gasteiger partial charge in [0.25, 0.3) is 0 Å². The van der Waals surface area contributed by atoms with Gasteiger partial charge in [-0.1, -0.05) is 48.5 Å². The largest absolute Gasteiger partial charge is 0.325 e. The van der Waals surface area contributed by atoms with E-state index in [4.69, 9.17) is 0 Å². The topological polar surface area (TPSA) is 79.4 Å². The number of thioether (sulfide) groups is 1. The summed E-state index contributed by atoms with van der Waals surface area (Å²) in [5.41, 5.74) is 1.26. The Hall–Kier alpha value is -2.75. The quantitative estimate of drug-likeness (QED) is 0.483. The van der Waals surface area contributed by atoms with Crippen molar-refractivity contribution in [1.29, 1.82) is 0 Å². The van der Waals surface area contributed by atoms with E-state index in [1.54, 1.807) is 12.1 Å². The molecule has 2 aromatic carbocycles. The molecule has 1 unspecified atom stereocenters. The van der Waals surface area contributed by atoms with E-state index in [0.29, 0.717) is 23.8 Å². The molecule has 1 atom stereocenters. The number of sulfonamides is 1. The van der Waals surface area contributed by atoms with E-state index in [-0.39, 0.29) is 16.6 Å². The fourth-order valence-corrected chi connectivity index (χ4v) is 6.03.